The van der Waals surface area contributed by atoms with Crippen LogP contribution >= 0.6 is 0 Å². The molecule has 6 N–H and O–H groups in total. The first-order valence-electron chi connectivity index (χ1n) is 12.8. The first-order valence-corrected chi connectivity index (χ1v) is 12.8. The molecule has 40 heavy (non-hydrogen) atoms. The van der Waals surface area contributed by atoms with Crippen molar-refractivity contribution >= 4 is 12.2 Å². The fourth-order valence-corrected chi connectivity index (χ4v) is 4.41. The molecule has 0 amide bonds. The zero-order valence-electron chi connectivity index (χ0n) is 22.3. The largest absolute Gasteiger partial charge is 0.497 e. The van der Waals surface area contributed by atoms with Gasteiger partial charge in [0.1, 0.15) is 60.0 Å². The summed E-state index contributed by atoms with van der Waals surface area (Å²) in [6, 6.07) is 12.5. The van der Waals surface area contributed by atoms with E-state index in [9.17, 15) is 30.6 Å². The molecule has 2 aromatic carbocycles. The number of ether oxygens (including phenoxy) is 6. The molecule has 2 aliphatic rings. The van der Waals surface area contributed by atoms with E-state index in [0.717, 1.165) is 11.3 Å². The predicted molar refractivity (Wildman–Crippen MR) is 141 cm³/mol. The SMILES string of the molecule is COc1ccc(C=Cc2cc(OC)cc(O[C@H]3O[C@H](CO[C@H]4O[C@@H](C)[C@@H](O)[C@H](O)[C@@H]4O)[C@@H](O)[C@@H](O)[C@H]3O)c2)cc1. The molecule has 2 aromatic rings. The van der Waals surface area contributed by atoms with Gasteiger partial charge in [-0.2, -0.15) is 0 Å². The van der Waals surface area contributed by atoms with E-state index < -0.39 is 68.0 Å². The molecule has 2 aliphatic heterocycles. The lowest BCUT2D eigenvalue weighted by Crippen LogP contribution is -2.61. The van der Waals surface area contributed by atoms with Crippen LogP contribution in [0.4, 0.5) is 0 Å². The van der Waals surface area contributed by atoms with Crippen LogP contribution in [0, 0.1) is 0 Å². The minimum atomic E-state index is -1.64. The monoisotopic (exact) mass is 564 g/mol. The highest BCUT2D eigenvalue weighted by Gasteiger charge is 2.47. The van der Waals surface area contributed by atoms with Crippen LogP contribution in [-0.2, 0) is 14.2 Å². The van der Waals surface area contributed by atoms with E-state index in [1.807, 2.05) is 36.4 Å². The first kappa shape index (κ1) is 30.2. The third-order valence-electron chi connectivity index (χ3n) is 6.88. The second kappa shape index (κ2) is 13.3. The molecule has 220 valence electrons. The van der Waals surface area contributed by atoms with Crippen molar-refractivity contribution in [3.63, 3.8) is 0 Å². The standard InChI is InChI=1S/C28H36O12/c1-14-21(29)23(31)25(33)27(38-14)37-13-20-22(30)24(32)26(34)28(40-20)39-19-11-16(10-18(12-19)36-3)5-4-15-6-8-17(35-2)9-7-15/h4-12,14,20-34H,13H2,1-3H3/t14-,20+,21+,22+,23-,24+,25-,26+,27-,28-/m0/s1. The summed E-state index contributed by atoms with van der Waals surface area (Å²) >= 11 is 0. The lowest BCUT2D eigenvalue weighted by Gasteiger charge is -2.42. The summed E-state index contributed by atoms with van der Waals surface area (Å²) in [7, 11) is 3.09. The molecule has 0 unspecified atom stereocenters. The van der Waals surface area contributed by atoms with Crippen LogP contribution in [0.5, 0.6) is 17.2 Å². The molecule has 0 spiro atoms. The number of aliphatic hydroxyl groups excluding tert-OH is 6. The third-order valence-corrected chi connectivity index (χ3v) is 6.88. The zero-order chi connectivity index (χ0) is 29.0. The summed E-state index contributed by atoms with van der Waals surface area (Å²) in [6.07, 6.45) is -10.2. The van der Waals surface area contributed by atoms with E-state index in [-0.39, 0.29) is 5.75 Å². The van der Waals surface area contributed by atoms with E-state index in [2.05, 4.69) is 0 Å². The van der Waals surface area contributed by atoms with Crippen molar-refractivity contribution in [2.24, 2.45) is 0 Å². The Labute approximate surface area is 231 Å². The lowest BCUT2D eigenvalue weighted by molar-refractivity contribution is -0.318. The van der Waals surface area contributed by atoms with Crippen LogP contribution in [0.25, 0.3) is 12.2 Å². The van der Waals surface area contributed by atoms with Crippen LogP contribution in [0.15, 0.2) is 42.5 Å². The fraction of sp³-hybridized carbons (Fsp3) is 0.500. The van der Waals surface area contributed by atoms with Crippen molar-refractivity contribution in [3.05, 3.63) is 53.6 Å². The normalized spacial score (nSPS) is 34.5. The predicted octanol–water partition coefficient (Wildman–Crippen LogP) is -0.0953. The molecule has 12 heteroatoms. The molecule has 0 saturated carbocycles. The Kier molecular flexibility index (Phi) is 10.0. The maximum atomic E-state index is 10.6. The molecule has 2 saturated heterocycles. The summed E-state index contributed by atoms with van der Waals surface area (Å²) < 4.78 is 33.0. The minimum Gasteiger partial charge on any atom is -0.497 e. The molecule has 4 rings (SSSR count). The van der Waals surface area contributed by atoms with Crippen LogP contribution in [-0.4, -0.2) is 113 Å². The molecule has 0 aliphatic carbocycles. The number of benzene rings is 2. The van der Waals surface area contributed by atoms with E-state index in [1.54, 1.807) is 25.3 Å². The van der Waals surface area contributed by atoms with Crippen molar-refractivity contribution in [2.45, 2.75) is 68.3 Å². The highest BCUT2D eigenvalue weighted by Crippen LogP contribution is 2.30. The van der Waals surface area contributed by atoms with Crippen molar-refractivity contribution < 1.29 is 59.1 Å². The molecule has 2 fully saturated rings. The molecule has 12 nitrogen and oxygen atoms in total. The summed E-state index contributed by atoms with van der Waals surface area (Å²) in [5.74, 6) is 1.47. The Morgan fingerprint density at radius 1 is 0.650 bits per heavy atom. The molecule has 0 radical (unpaired) electrons. The highest BCUT2D eigenvalue weighted by atomic mass is 16.7. The van der Waals surface area contributed by atoms with Crippen molar-refractivity contribution in [3.8, 4) is 17.2 Å². The Balaban J connectivity index is 1.45. The number of hydrogen-bond donors (Lipinski definition) is 6. The summed E-state index contributed by atoms with van der Waals surface area (Å²) in [5.41, 5.74) is 1.65. The van der Waals surface area contributed by atoms with Gasteiger partial charge in [0.15, 0.2) is 6.29 Å². The fourth-order valence-electron chi connectivity index (χ4n) is 4.41. The topological polar surface area (TPSA) is 177 Å². The Hall–Kier alpha value is -2.78. The highest BCUT2D eigenvalue weighted by molar-refractivity contribution is 5.71. The molecule has 0 aromatic heterocycles. The zero-order valence-corrected chi connectivity index (χ0v) is 22.3. The van der Waals surface area contributed by atoms with Gasteiger partial charge in [0.2, 0.25) is 6.29 Å². The maximum Gasteiger partial charge on any atom is 0.229 e. The molecular formula is C28H36O12. The second-order valence-electron chi connectivity index (χ2n) is 9.70. The van der Waals surface area contributed by atoms with Crippen molar-refractivity contribution in [2.75, 3.05) is 20.8 Å². The lowest BCUT2D eigenvalue weighted by atomic mass is 9.98. The summed E-state index contributed by atoms with van der Waals surface area (Å²) in [6.45, 7) is 1.11. The average Bonchev–Trinajstić information content (AvgIpc) is 2.97. The van der Waals surface area contributed by atoms with E-state index in [0.29, 0.717) is 11.3 Å². The van der Waals surface area contributed by atoms with Crippen LogP contribution in [0.1, 0.15) is 18.1 Å². The first-order chi connectivity index (χ1) is 19.1. The Morgan fingerprint density at radius 2 is 1.25 bits per heavy atom. The maximum absolute atomic E-state index is 10.6. The van der Waals surface area contributed by atoms with E-state index in [1.165, 1.54) is 14.0 Å². The van der Waals surface area contributed by atoms with Crippen LogP contribution in [0.2, 0.25) is 0 Å². The van der Waals surface area contributed by atoms with Crippen LogP contribution in [0.3, 0.4) is 0 Å². The van der Waals surface area contributed by atoms with Crippen LogP contribution < -0.4 is 14.2 Å². The van der Waals surface area contributed by atoms with Gasteiger partial charge in [-0.25, -0.2) is 0 Å². The van der Waals surface area contributed by atoms with Gasteiger partial charge in [-0.3, -0.25) is 0 Å². The van der Waals surface area contributed by atoms with Crippen molar-refractivity contribution in [1.29, 1.82) is 0 Å². The quantitative estimate of drug-likeness (QED) is 0.223. The average molecular weight is 565 g/mol. The van der Waals surface area contributed by atoms with E-state index in [4.69, 9.17) is 28.4 Å². The second-order valence-corrected chi connectivity index (χ2v) is 9.70. The van der Waals surface area contributed by atoms with Gasteiger partial charge in [-0.05, 0) is 42.3 Å². The van der Waals surface area contributed by atoms with Crippen molar-refractivity contribution in [1.82, 2.24) is 0 Å². The number of hydrogen-bond acceptors (Lipinski definition) is 12. The van der Waals surface area contributed by atoms with Gasteiger partial charge in [0.05, 0.1) is 26.9 Å². The van der Waals surface area contributed by atoms with Gasteiger partial charge in [-0.1, -0.05) is 24.3 Å². The molecule has 0 bridgehead atoms. The molecule has 2 heterocycles. The third kappa shape index (κ3) is 6.92. The van der Waals surface area contributed by atoms with Gasteiger partial charge < -0.3 is 59.1 Å². The minimum absolute atomic E-state index is 0.262. The number of rotatable bonds is 9. The molecular weight excluding hydrogens is 528 g/mol. The van der Waals surface area contributed by atoms with Gasteiger partial charge in [0, 0.05) is 6.07 Å². The van der Waals surface area contributed by atoms with Gasteiger partial charge >= 0.3 is 0 Å². The molecule has 10 atom stereocenters. The van der Waals surface area contributed by atoms with E-state index >= 15 is 0 Å². The van der Waals surface area contributed by atoms with Gasteiger partial charge in [0.25, 0.3) is 0 Å². The summed E-state index contributed by atoms with van der Waals surface area (Å²) in [5, 5.41) is 61.5. The van der Waals surface area contributed by atoms with Gasteiger partial charge in [-0.15, -0.1) is 0 Å². The Bertz CT molecular complexity index is 1120. The smallest absolute Gasteiger partial charge is 0.229 e. The Morgan fingerprint density at radius 3 is 1.93 bits per heavy atom. The number of aliphatic hydroxyl groups is 6. The summed E-state index contributed by atoms with van der Waals surface area (Å²) in [4.78, 5) is 0. The number of methoxy groups -OCH3 is 2.